The van der Waals surface area contributed by atoms with Gasteiger partial charge in [0.15, 0.2) is 11.5 Å². The Bertz CT molecular complexity index is 828. The van der Waals surface area contributed by atoms with E-state index in [1.165, 1.54) is 16.8 Å². The van der Waals surface area contributed by atoms with Crippen LogP contribution in [0.15, 0.2) is 52.5 Å². The molecule has 0 radical (unpaired) electrons. The highest BCUT2D eigenvalue weighted by atomic mass is 16.5. The lowest BCUT2D eigenvalue weighted by molar-refractivity contribution is -0.121. The largest absolute Gasteiger partial charge is 0.493 e. The Hall–Kier alpha value is -3.09. The van der Waals surface area contributed by atoms with Crippen molar-refractivity contribution in [3.05, 3.63) is 58.5 Å². The number of hydrazone groups is 1. The molecule has 0 saturated heterocycles. The van der Waals surface area contributed by atoms with Crippen molar-refractivity contribution in [3.63, 3.8) is 0 Å². The predicted octanol–water partition coefficient (Wildman–Crippen LogP) is 2.04. The maximum Gasteiger partial charge on any atom is 0.260 e. The predicted molar refractivity (Wildman–Crippen MR) is 99.8 cm³/mol. The van der Waals surface area contributed by atoms with Gasteiger partial charge in [-0.2, -0.15) is 5.10 Å². The minimum absolute atomic E-state index is 0.0949. The van der Waals surface area contributed by atoms with Gasteiger partial charge in [-0.25, -0.2) is 5.43 Å². The molecule has 1 N–H and O–H groups in total. The van der Waals surface area contributed by atoms with Crippen LogP contribution in [0.2, 0.25) is 0 Å². The number of pyridine rings is 1. The lowest BCUT2D eigenvalue weighted by atomic mass is 10.2. The van der Waals surface area contributed by atoms with E-state index in [1.807, 2.05) is 6.07 Å². The molecular weight excluding hydrogens is 334 g/mol. The lowest BCUT2D eigenvalue weighted by Gasteiger charge is -2.12. The summed E-state index contributed by atoms with van der Waals surface area (Å²) >= 11 is 0. The minimum Gasteiger partial charge on any atom is -0.493 e. The molecule has 7 nitrogen and oxygen atoms in total. The second-order valence-electron chi connectivity index (χ2n) is 6.08. The van der Waals surface area contributed by atoms with Gasteiger partial charge in [0.05, 0.1) is 19.9 Å². The Morgan fingerprint density at radius 2 is 2.08 bits per heavy atom. The van der Waals surface area contributed by atoms with E-state index in [0.717, 1.165) is 5.56 Å². The highest BCUT2D eigenvalue weighted by molar-refractivity contribution is 5.83. The first-order valence-electron chi connectivity index (χ1n) is 8.28. The molecule has 2 rings (SSSR count). The Morgan fingerprint density at radius 3 is 2.77 bits per heavy atom. The summed E-state index contributed by atoms with van der Waals surface area (Å²) in [6.45, 7) is 4.64. The SMILES string of the molecule is COc1cc(/C=N\NC(=O)Cn2ccccc2=O)ccc1OCC(C)C. The molecule has 0 atom stereocenters. The van der Waals surface area contributed by atoms with Crippen LogP contribution in [0.5, 0.6) is 11.5 Å². The number of methoxy groups -OCH3 is 1. The zero-order valence-electron chi connectivity index (χ0n) is 15.1. The Labute approximate surface area is 152 Å². The molecule has 0 spiro atoms. The summed E-state index contributed by atoms with van der Waals surface area (Å²) in [5.41, 5.74) is 2.90. The van der Waals surface area contributed by atoms with Crippen LogP contribution in [0, 0.1) is 5.92 Å². The van der Waals surface area contributed by atoms with E-state index in [2.05, 4.69) is 24.4 Å². The number of amides is 1. The third kappa shape index (κ3) is 5.77. The van der Waals surface area contributed by atoms with Gasteiger partial charge in [0.25, 0.3) is 11.5 Å². The van der Waals surface area contributed by atoms with E-state index < -0.39 is 5.91 Å². The number of rotatable bonds is 8. The Kier molecular flexibility index (Phi) is 6.96. The van der Waals surface area contributed by atoms with Gasteiger partial charge in [-0.1, -0.05) is 19.9 Å². The van der Waals surface area contributed by atoms with Gasteiger partial charge >= 0.3 is 0 Å². The molecular formula is C19H23N3O4. The number of hydrogen-bond acceptors (Lipinski definition) is 5. The van der Waals surface area contributed by atoms with Crippen LogP contribution >= 0.6 is 0 Å². The number of hydrogen-bond donors (Lipinski definition) is 1. The number of carbonyl (C=O) groups excluding carboxylic acids is 1. The molecule has 0 fully saturated rings. The molecule has 0 bridgehead atoms. The van der Waals surface area contributed by atoms with Crippen molar-refractivity contribution in [3.8, 4) is 11.5 Å². The number of aromatic nitrogens is 1. The van der Waals surface area contributed by atoms with Crippen LogP contribution in [0.25, 0.3) is 0 Å². The van der Waals surface area contributed by atoms with Gasteiger partial charge < -0.3 is 14.0 Å². The average molecular weight is 357 g/mol. The van der Waals surface area contributed by atoms with E-state index in [-0.39, 0.29) is 12.1 Å². The summed E-state index contributed by atoms with van der Waals surface area (Å²) in [7, 11) is 1.57. The zero-order valence-corrected chi connectivity index (χ0v) is 15.1. The average Bonchev–Trinajstić information content (AvgIpc) is 2.62. The van der Waals surface area contributed by atoms with Crippen molar-refractivity contribution in [2.24, 2.45) is 11.0 Å². The monoisotopic (exact) mass is 357 g/mol. The van der Waals surface area contributed by atoms with Crippen LogP contribution in [-0.4, -0.2) is 30.4 Å². The zero-order chi connectivity index (χ0) is 18.9. The van der Waals surface area contributed by atoms with Crippen molar-refractivity contribution >= 4 is 12.1 Å². The van der Waals surface area contributed by atoms with Gasteiger partial charge in [-0.3, -0.25) is 9.59 Å². The van der Waals surface area contributed by atoms with Crippen LogP contribution in [-0.2, 0) is 11.3 Å². The molecule has 7 heteroatoms. The first-order chi connectivity index (χ1) is 12.5. The summed E-state index contributed by atoms with van der Waals surface area (Å²) < 4.78 is 12.3. The first kappa shape index (κ1) is 19.2. The maximum absolute atomic E-state index is 11.9. The number of carbonyl (C=O) groups is 1. The molecule has 0 unspecified atom stereocenters. The summed E-state index contributed by atoms with van der Waals surface area (Å²) in [5, 5.41) is 3.91. The second-order valence-corrected chi connectivity index (χ2v) is 6.08. The fourth-order valence-electron chi connectivity index (χ4n) is 2.10. The fourth-order valence-corrected chi connectivity index (χ4v) is 2.10. The first-order valence-corrected chi connectivity index (χ1v) is 8.28. The van der Waals surface area contributed by atoms with Crippen molar-refractivity contribution in [1.82, 2.24) is 9.99 Å². The lowest BCUT2D eigenvalue weighted by Crippen LogP contribution is -2.28. The van der Waals surface area contributed by atoms with E-state index in [4.69, 9.17) is 9.47 Å². The number of nitrogens with one attached hydrogen (secondary N) is 1. The van der Waals surface area contributed by atoms with Gasteiger partial charge in [0, 0.05) is 12.3 Å². The van der Waals surface area contributed by atoms with Gasteiger partial charge in [0.2, 0.25) is 0 Å². The third-order valence-electron chi connectivity index (χ3n) is 3.38. The molecule has 1 amide bonds. The highest BCUT2D eigenvalue weighted by Gasteiger charge is 2.06. The molecule has 26 heavy (non-hydrogen) atoms. The summed E-state index contributed by atoms with van der Waals surface area (Å²) in [6.07, 6.45) is 3.05. The molecule has 1 aromatic carbocycles. The van der Waals surface area contributed by atoms with Crippen LogP contribution in [0.4, 0.5) is 0 Å². The normalized spacial score (nSPS) is 10.9. The molecule has 2 aromatic rings. The summed E-state index contributed by atoms with van der Waals surface area (Å²) in [4.78, 5) is 23.4. The van der Waals surface area contributed by atoms with Gasteiger partial charge in [-0.15, -0.1) is 0 Å². The smallest absolute Gasteiger partial charge is 0.260 e. The second kappa shape index (κ2) is 9.41. The summed E-state index contributed by atoms with van der Waals surface area (Å²) in [6, 6.07) is 10.1. The minimum atomic E-state index is -0.390. The van der Waals surface area contributed by atoms with Crippen molar-refractivity contribution in [2.75, 3.05) is 13.7 Å². The molecule has 1 heterocycles. The van der Waals surface area contributed by atoms with Gasteiger partial charge in [0.1, 0.15) is 6.54 Å². The van der Waals surface area contributed by atoms with Crippen molar-refractivity contribution in [2.45, 2.75) is 20.4 Å². The standard InChI is InChI=1S/C19H23N3O4/c1-14(2)13-26-16-8-7-15(10-17(16)25-3)11-20-21-18(23)12-22-9-5-4-6-19(22)24/h4-11,14H,12-13H2,1-3H3,(H,21,23)/b20-11-. The number of benzene rings is 1. The Morgan fingerprint density at radius 1 is 1.27 bits per heavy atom. The van der Waals surface area contributed by atoms with Crippen molar-refractivity contribution < 1.29 is 14.3 Å². The van der Waals surface area contributed by atoms with Crippen molar-refractivity contribution in [1.29, 1.82) is 0 Å². The Balaban J connectivity index is 1.96. The third-order valence-corrected chi connectivity index (χ3v) is 3.38. The molecule has 0 saturated carbocycles. The van der Waals surface area contributed by atoms with Crippen LogP contribution < -0.4 is 20.5 Å². The van der Waals surface area contributed by atoms with Gasteiger partial charge in [-0.05, 0) is 35.7 Å². The topological polar surface area (TPSA) is 81.9 Å². The van der Waals surface area contributed by atoms with E-state index in [1.54, 1.807) is 37.6 Å². The molecule has 0 aliphatic rings. The van der Waals surface area contributed by atoms with E-state index in [0.29, 0.717) is 24.0 Å². The molecule has 0 aliphatic carbocycles. The van der Waals surface area contributed by atoms with Crippen LogP contribution in [0.3, 0.4) is 0 Å². The molecule has 1 aromatic heterocycles. The fraction of sp³-hybridized carbons (Fsp3) is 0.316. The maximum atomic E-state index is 11.9. The molecule has 0 aliphatic heterocycles. The van der Waals surface area contributed by atoms with E-state index >= 15 is 0 Å². The summed E-state index contributed by atoms with van der Waals surface area (Å²) in [5.74, 6) is 1.27. The number of nitrogens with zero attached hydrogens (tertiary/aromatic N) is 2. The highest BCUT2D eigenvalue weighted by Crippen LogP contribution is 2.27. The molecule has 138 valence electrons. The number of ether oxygens (including phenoxy) is 2. The van der Waals surface area contributed by atoms with E-state index in [9.17, 15) is 9.59 Å². The van der Waals surface area contributed by atoms with Crippen LogP contribution in [0.1, 0.15) is 19.4 Å². The quantitative estimate of drug-likeness (QED) is 0.579.